The smallest absolute Gasteiger partial charge is 0.244 e. The Labute approximate surface area is 157 Å². The zero-order chi connectivity index (χ0) is 17.9. The minimum Gasteiger partial charge on any atom is -0.310 e. The van der Waals surface area contributed by atoms with Crippen molar-refractivity contribution in [3.63, 3.8) is 0 Å². The molecule has 0 aliphatic heterocycles. The number of carbonyl (C=O) groups excluding carboxylic acids is 1. The highest BCUT2D eigenvalue weighted by molar-refractivity contribution is 9.11. The van der Waals surface area contributed by atoms with Gasteiger partial charge in [-0.15, -0.1) is 0 Å². The van der Waals surface area contributed by atoms with E-state index in [0.29, 0.717) is 10.3 Å². The summed E-state index contributed by atoms with van der Waals surface area (Å²) < 4.78 is 27.3. The normalized spacial score (nSPS) is 11.5. The summed E-state index contributed by atoms with van der Waals surface area (Å²) in [6.07, 6.45) is 1.62. The summed E-state index contributed by atoms with van der Waals surface area (Å²) in [6.45, 7) is 1.56. The van der Waals surface area contributed by atoms with Crippen LogP contribution >= 0.6 is 31.9 Å². The first kappa shape index (κ1) is 19.0. The number of sulfonamides is 1. The minimum absolute atomic E-state index is 0.0921. The van der Waals surface area contributed by atoms with Crippen molar-refractivity contribution in [2.45, 2.75) is 11.8 Å². The number of halogens is 2. The lowest BCUT2D eigenvalue weighted by Crippen LogP contribution is -2.35. The Bertz CT molecular complexity index is 855. The maximum absolute atomic E-state index is 12.6. The number of rotatable bonds is 5. The van der Waals surface area contributed by atoms with E-state index in [4.69, 9.17) is 0 Å². The van der Waals surface area contributed by atoms with Crippen molar-refractivity contribution in [1.82, 2.24) is 9.29 Å². The molecule has 0 aliphatic rings. The predicted molar refractivity (Wildman–Crippen MR) is 99.3 cm³/mol. The molecule has 1 N–H and O–H groups in total. The van der Waals surface area contributed by atoms with E-state index in [2.05, 4.69) is 42.2 Å². The summed E-state index contributed by atoms with van der Waals surface area (Å²) in [5.41, 5.74) is 0.966. The van der Waals surface area contributed by atoms with Gasteiger partial charge >= 0.3 is 0 Å². The second-order valence-electron chi connectivity index (χ2n) is 5.10. The molecule has 2 rings (SSSR count). The van der Waals surface area contributed by atoms with Crippen molar-refractivity contribution in [2.75, 3.05) is 18.9 Å². The Balaban J connectivity index is 2.11. The second-order valence-corrected chi connectivity index (χ2v) is 8.89. The monoisotopic (exact) mass is 475 g/mol. The molecule has 1 amide bonds. The highest BCUT2D eigenvalue weighted by Gasteiger charge is 2.25. The molecule has 128 valence electrons. The molecule has 0 aliphatic carbocycles. The molecule has 0 spiro atoms. The quantitative estimate of drug-likeness (QED) is 0.718. The standard InChI is InChI=1S/C15H15Br2N3O3S/c1-10-3-6-14(18-8-10)19-15(21)9-20(2)24(22,23)13-5-4-11(16)7-12(13)17/h3-8H,9H2,1-2H3,(H,18,19,21). The van der Waals surface area contributed by atoms with Gasteiger partial charge in [0.05, 0.1) is 11.4 Å². The molecule has 0 atom stereocenters. The Morgan fingerprint density at radius 2 is 1.96 bits per heavy atom. The molecule has 0 saturated heterocycles. The molecule has 0 bridgehead atoms. The fraction of sp³-hybridized carbons (Fsp3) is 0.200. The maximum atomic E-state index is 12.6. The van der Waals surface area contributed by atoms with E-state index in [9.17, 15) is 13.2 Å². The van der Waals surface area contributed by atoms with Crippen molar-refractivity contribution < 1.29 is 13.2 Å². The van der Waals surface area contributed by atoms with Gasteiger partial charge in [0.2, 0.25) is 15.9 Å². The van der Waals surface area contributed by atoms with Crippen LogP contribution in [0.25, 0.3) is 0 Å². The van der Waals surface area contributed by atoms with Crippen LogP contribution in [0.4, 0.5) is 5.82 Å². The number of amides is 1. The topological polar surface area (TPSA) is 79.4 Å². The fourth-order valence-corrected chi connectivity index (χ4v) is 4.69. The number of aryl methyl sites for hydroxylation is 1. The number of aromatic nitrogens is 1. The van der Waals surface area contributed by atoms with Crippen LogP contribution in [-0.4, -0.2) is 37.2 Å². The molecule has 24 heavy (non-hydrogen) atoms. The number of nitrogens with one attached hydrogen (secondary N) is 1. The van der Waals surface area contributed by atoms with E-state index in [0.717, 1.165) is 14.3 Å². The zero-order valence-corrected chi connectivity index (χ0v) is 16.9. The van der Waals surface area contributed by atoms with Gasteiger partial charge in [-0.1, -0.05) is 22.0 Å². The van der Waals surface area contributed by atoms with Gasteiger partial charge in [-0.25, -0.2) is 13.4 Å². The second kappa shape index (κ2) is 7.73. The molecule has 0 unspecified atom stereocenters. The number of anilines is 1. The number of hydrogen-bond acceptors (Lipinski definition) is 4. The molecular formula is C15H15Br2N3O3S. The van der Waals surface area contributed by atoms with Gasteiger partial charge in [0.25, 0.3) is 0 Å². The molecule has 0 radical (unpaired) electrons. The number of likely N-dealkylation sites (N-methyl/N-ethyl adjacent to an activating group) is 1. The van der Waals surface area contributed by atoms with Crippen molar-refractivity contribution in [3.8, 4) is 0 Å². The summed E-state index contributed by atoms with van der Waals surface area (Å²) >= 11 is 6.50. The van der Waals surface area contributed by atoms with Crippen LogP contribution in [0.3, 0.4) is 0 Å². The predicted octanol–water partition coefficient (Wildman–Crippen LogP) is 3.17. The molecule has 1 heterocycles. The van der Waals surface area contributed by atoms with Crippen molar-refractivity contribution in [2.24, 2.45) is 0 Å². The third-order valence-corrected chi connectivity index (χ3v) is 6.40. The number of hydrogen-bond donors (Lipinski definition) is 1. The van der Waals surface area contributed by atoms with E-state index < -0.39 is 15.9 Å². The van der Waals surface area contributed by atoms with Crippen molar-refractivity contribution in [1.29, 1.82) is 0 Å². The van der Waals surface area contributed by atoms with Crippen LogP contribution in [0.15, 0.2) is 50.4 Å². The fourth-order valence-electron chi connectivity index (χ4n) is 1.86. The Kier molecular flexibility index (Phi) is 6.13. The first-order valence-electron chi connectivity index (χ1n) is 6.84. The first-order valence-corrected chi connectivity index (χ1v) is 9.86. The van der Waals surface area contributed by atoms with Crippen LogP contribution in [0.5, 0.6) is 0 Å². The molecule has 0 fully saturated rings. The highest BCUT2D eigenvalue weighted by atomic mass is 79.9. The zero-order valence-electron chi connectivity index (χ0n) is 13.0. The lowest BCUT2D eigenvalue weighted by Gasteiger charge is -2.17. The number of carbonyl (C=O) groups is 1. The van der Waals surface area contributed by atoms with Crippen molar-refractivity contribution >= 4 is 53.6 Å². The summed E-state index contributed by atoms with van der Waals surface area (Å²) in [4.78, 5) is 16.2. The first-order chi connectivity index (χ1) is 11.2. The molecule has 0 saturated carbocycles. The number of pyridine rings is 1. The molecule has 1 aromatic heterocycles. The maximum Gasteiger partial charge on any atom is 0.244 e. The van der Waals surface area contributed by atoms with E-state index in [1.54, 1.807) is 24.4 Å². The molecular weight excluding hydrogens is 462 g/mol. The van der Waals surface area contributed by atoms with Gasteiger partial charge < -0.3 is 5.32 Å². The van der Waals surface area contributed by atoms with E-state index in [1.807, 2.05) is 13.0 Å². The SMILES string of the molecule is Cc1ccc(NC(=O)CN(C)S(=O)(=O)c2ccc(Br)cc2Br)nc1. The largest absolute Gasteiger partial charge is 0.310 e. The molecule has 9 heteroatoms. The third-order valence-electron chi connectivity index (χ3n) is 3.13. The van der Waals surface area contributed by atoms with Crippen LogP contribution in [0.1, 0.15) is 5.56 Å². The lowest BCUT2D eigenvalue weighted by atomic mass is 10.3. The molecule has 1 aromatic carbocycles. The lowest BCUT2D eigenvalue weighted by molar-refractivity contribution is -0.116. The third kappa shape index (κ3) is 4.62. The van der Waals surface area contributed by atoms with Gasteiger partial charge in [-0.3, -0.25) is 4.79 Å². The summed E-state index contributed by atoms with van der Waals surface area (Å²) in [5, 5.41) is 2.57. The van der Waals surface area contributed by atoms with E-state index in [1.165, 1.54) is 13.1 Å². The van der Waals surface area contributed by atoms with Crippen LogP contribution in [0, 0.1) is 6.92 Å². The molecule has 6 nitrogen and oxygen atoms in total. The molecule has 2 aromatic rings. The minimum atomic E-state index is -3.80. The average Bonchev–Trinajstić information content (AvgIpc) is 2.49. The van der Waals surface area contributed by atoms with Crippen LogP contribution in [-0.2, 0) is 14.8 Å². The van der Waals surface area contributed by atoms with Gasteiger partial charge in [0, 0.05) is 22.2 Å². The van der Waals surface area contributed by atoms with Crippen LogP contribution < -0.4 is 5.32 Å². The van der Waals surface area contributed by atoms with E-state index >= 15 is 0 Å². The van der Waals surface area contributed by atoms with E-state index in [-0.39, 0.29) is 11.4 Å². The van der Waals surface area contributed by atoms with Gasteiger partial charge in [-0.05, 0) is 52.7 Å². The Hall–Kier alpha value is -1.29. The van der Waals surface area contributed by atoms with Crippen molar-refractivity contribution in [3.05, 3.63) is 51.0 Å². The highest BCUT2D eigenvalue weighted by Crippen LogP contribution is 2.27. The summed E-state index contributed by atoms with van der Waals surface area (Å²) in [6, 6.07) is 8.20. The number of nitrogens with zero attached hydrogens (tertiary/aromatic N) is 2. The summed E-state index contributed by atoms with van der Waals surface area (Å²) in [5.74, 6) is -0.0908. The Morgan fingerprint density at radius 1 is 1.25 bits per heavy atom. The number of benzene rings is 1. The summed E-state index contributed by atoms with van der Waals surface area (Å²) in [7, 11) is -2.44. The average molecular weight is 477 g/mol. The van der Waals surface area contributed by atoms with Gasteiger partial charge in [0.15, 0.2) is 0 Å². The Morgan fingerprint density at radius 3 is 2.54 bits per heavy atom. The van der Waals surface area contributed by atoms with Crippen LogP contribution in [0.2, 0.25) is 0 Å². The van der Waals surface area contributed by atoms with Gasteiger partial charge in [-0.2, -0.15) is 4.31 Å². The van der Waals surface area contributed by atoms with Gasteiger partial charge in [0.1, 0.15) is 5.82 Å².